The van der Waals surface area contributed by atoms with Crippen molar-refractivity contribution in [3.8, 4) is 0 Å². The van der Waals surface area contributed by atoms with Crippen LogP contribution in [0.2, 0.25) is 0 Å². The van der Waals surface area contributed by atoms with Gasteiger partial charge < -0.3 is 15.3 Å². The molecule has 0 amide bonds. The van der Waals surface area contributed by atoms with Gasteiger partial charge in [-0.25, -0.2) is 0 Å². The second-order valence-corrected chi connectivity index (χ2v) is 11.7. The quantitative estimate of drug-likeness (QED) is 0.126. The number of hydrogen-bond donors (Lipinski definition) is 3. The molecule has 0 aromatic rings. The Morgan fingerprint density at radius 3 is 0.889 bits per heavy atom. The van der Waals surface area contributed by atoms with Crippen molar-refractivity contribution in [2.24, 2.45) is 11.8 Å². The summed E-state index contributed by atoms with van der Waals surface area (Å²) in [5.74, 6) is 1.84. The molecule has 0 aliphatic heterocycles. The zero-order chi connectivity index (χ0) is 26.5. The largest absolute Gasteiger partial charge is 0.396 e. The summed E-state index contributed by atoms with van der Waals surface area (Å²) in [6.45, 7) is 5.19. The maximum absolute atomic E-state index is 9.11. The van der Waals surface area contributed by atoms with Crippen molar-refractivity contribution in [2.75, 3.05) is 13.2 Å². The van der Waals surface area contributed by atoms with E-state index in [1.165, 1.54) is 141 Å². The molecule has 0 bridgehead atoms. The van der Waals surface area contributed by atoms with Crippen molar-refractivity contribution < 1.29 is 15.3 Å². The first-order valence-corrected chi connectivity index (χ1v) is 16.6. The lowest BCUT2D eigenvalue weighted by molar-refractivity contribution is 0.178. The highest BCUT2D eigenvalue weighted by Gasteiger charge is 2.39. The van der Waals surface area contributed by atoms with Crippen molar-refractivity contribution in [3.63, 3.8) is 0 Å². The van der Waals surface area contributed by atoms with E-state index in [9.17, 15) is 0 Å². The number of rotatable bonds is 22. The first kappa shape index (κ1) is 35.9. The maximum atomic E-state index is 9.11. The molecule has 3 N–H and O–H groups in total. The number of hydrogen-bond acceptors (Lipinski definition) is 3. The highest BCUT2D eigenvalue weighted by Crippen LogP contribution is 2.46. The molecular formula is C33H68O3. The molecule has 0 radical (unpaired) electrons. The van der Waals surface area contributed by atoms with Gasteiger partial charge in [0.15, 0.2) is 0 Å². The molecule has 2 aliphatic carbocycles. The predicted octanol–water partition coefficient (Wildman–Crippen LogP) is 9.75. The second-order valence-electron chi connectivity index (χ2n) is 11.7. The van der Waals surface area contributed by atoms with Crippen molar-refractivity contribution in [2.45, 2.75) is 187 Å². The average Bonchev–Trinajstić information content (AvgIpc) is 3.14. The van der Waals surface area contributed by atoms with E-state index in [1.807, 2.05) is 0 Å². The monoisotopic (exact) mass is 513 g/mol. The summed E-state index contributed by atoms with van der Waals surface area (Å²) in [6, 6.07) is 0. The van der Waals surface area contributed by atoms with E-state index in [0.717, 1.165) is 37.5 Å². The maximum Gasteiger partial charge on any atom is 0.0545 e. The molecular weight excluding hydrogens is 444 g/mol. The Kier molecular flexibility index (Phi) is 29.3. The van der Waals surface area contributed by atoms with Gasteiger partial charge in [-0.2, -0.15) is 0 Å². The number of fused-ring (bicyclic) bond motifs is 1. The fourth-order valence-electron chi connectivity index (χ4n) is 5.61. The number of unbranched alkanes of at least 4 members (excludes halogenated alkanes) is 20. The number of aliphatic hydroxyl groups excluding tert-OH is 3. The summed E-state index contributed by atoms with van der Waals surface area (Å²) in [7, 11) is 0. The highest BCUT2D eigenvalue weighted by molar-refractivity contribution is 4.90. The van der Waals surface area contributed by atoms with Crippen molar-refractivity contribution in [1.29, 1.82) is 0 Å². The Morgan fingerprint density at radius 2 is 0.667 bits per heavy atom. The second kappa shape index (κ2) is 29.4. The van der Waals surface area contributed by atoms with E-state index in [-0.39, 0.29) is 6.10 Å². The molecule has 0 aromatic heterocycles. The summed E-state index contributed by atoms with van der Waals surface area (Å²) in [4.78, 5) is 0. The lowest BCUT2D eigenvalue weighted by Crippen LogP contribution is -2.18. The van der Waals surface area contributed by atoms with E-state index < -0.39 is 0 Å². The van der Waals surface area contributed by atoms with Crippen LogP contribution in [0, 0.1) is 11.8 Å². The molecule has 3 heteroatoms. The molecule has 36 heavy (non-hydrogen) atoms. The van der Waals surface area contributed by atoms with Gasteiger partial charge in [-0.05, 0) is 50.4 Å². The lowest BCUT2D eigenvalue weighted by atomic mass is 9.77. The van der Waals surface area contributed by atoms with Gasteiger partial charge >= 0.3 is 0 Å². The normalized spacial score (nSPS) is 20.1. The van der Waals surface area contributed by atoms with Crippen LogP contribution in [-0.4, -0.2) is 34.6 Å². The third-order valence-electron chi connectivity index (χ3n) is 8.25. The molecule has 0 heterocycles. The molecule has 2 atom stereocenters. The van der Waals surface area contributed by atoms with Gasteiger partial charge in [0.2, 0.25) is 0 Å². The van der Waals surface area contributed by atoms with E-state index in [0.29, 0.717) is 13.2 Å². The first-order chi connectivity index (χ1) is 17.7. The van der Waals surface area contributed by atoms with Crippen LogP contribution in [-0.2, 0) is 0 Å². The topological polar surface area (TPSA) is 60.7 Å². The van der Waals surface area contributed by atoms with Gasteiger partial charge in [-0.1, -0.05) is 142 Å². The highest BCUT2D eigenvalue weighted by atomic mass is 16.3. The van der Waals surface area contributed by atoms with Gasteiger partial charge in [0.1, 0.15) is 0 Å². The molecule has 2 saturated carbocycles. The van der Waals surface area contributed by atoms with Crippen LogP contribution in [0.4, 0.5) is 0 Å². The van der Waals surface area contributed by atoms with Gasteiger partial charge in [0.25, 0.3) is 0 Å². The molecule has 2 unspecified atom stereocenters. The molecule has 218 valence electrons. The fraction of sp³-hybridized carbons (Fsp3) is 1.00. The molecule has 2 fully saturated rings. The fourth-order valence-corrected chi connectivity index (χ4v) is 5.61. The lowest BCUT2D eigenvalue weighted by Gasteiger charge is -2.29. The summed E-state index contributed by atoms with van der Waals surface area (Å²) in [5, 5.41) is 26.1. The minimum absolute atomic E-state index is 0.0625. The molecule has 2 rings (SSSR count). The van der Waals surface area contributed by atoms with Crippen LogP contribution < -0.4 is 0 Å². The average molecular weight is 513 g/mol. The van der Waals surface area contributed by atoms with Crippen LogP contribution in [0.1, 0.15) is 181 Å². The van der Waals surface area contributed by atoms with Gasteiger partial charge in [0.05, 0.1) is 6.10 Å². The Balaban J connectivity index is 0.000000652. The van der Waals surface area contributed by atoms with E-state index in [1.54, 1.807) is 0 Å². The van der Waals surface area contributed by atoms with Gasteiger partial charge in [-0.15, -0.1) is 0 Å². The van der Waals surface area contributed by atoms with Crippen molar-refractivity contribution >= 4 is 0 Å². The van der Waals surface area contributed by atoms with E-state index in [4.69, 9.17) is 15.3 Å². The Labute approximate surface area is 227 Å². The third-order valence-corrected chi connectivity index (χ3v) is 8.25. The van der Waals surface area contributed by atoms with Crippen molar-refractivity contribution in [1.82, 2.24) is 0 Å². The van der Waals surface area contributed by atoms with Crippen LogP contribution in [0.15, 0.2) is 0 Å². The van der Waals surface area contributed by atoms with Crippen LogP contribution in [0.3, 0.4) is 0 Å². The predicted molar refractivity (Wildman–Crippen MR) is 159 cm³/mol. The van der Waals surface area contributed by atoms with Crippen molar-refractivity contribution in [3.05, 3.63) is 0 Å². The minimum Gasteiger partial charge on any atom is -0.396 e. The van der Waals surface area contributed by atoms with Crippen LogP contribution >= 0.6 is 0 Å². The summed E-state index contributed by atoms with van der Waals surface area (Å²) in [5.41, 5.74) is 0. The van der Waals surface area contributed by atoms with Gasteiger partial charge in [0, 0.05) is 13.2 Å². The third kappa shape index (κ3) is 24.2. The summed E-state index contributed by atoms with van der Waals surface area (Å²) >= 11 is 0. The van der Waals surface area contributed by atoms with E-state index in [2.05, 4.69) is 13.8 Å². The Morgan fingerprint density at radius 1 is 0.417 bits per heavy atom. The zero-order valence-corrected chi connectivity index (χ0v) is 24.9. The van der Waals surface area contributed by atoms with Crippen LogP contribution in [0.5, 0.6) is 0 Å². The standard InChI is InChI=1S/C20H42O.C7H12O.C6H14O/c1-2-3-4-5-6-7-8-9-10-11-12-13-14-15-16-17-18-19-20-21;8-7-3-5-1-2-6(5)4-7;1-2-3-4-5-6-7/h21H,2-20H2,1H3;5-8H,1-4H2;7H,2-6H2,1H3. The Hall–Kier alpha value is -0.120. The molecule has 0 spiro atoms. The zero-order valence-electron chi connectivity index (χ0n) is 24.9. The first-order valence-electron chi connectivity index (χ1n) is 16.6. The number of aliphatic hydroxyl groups is 3. The minimum atomic E-state index is 0.0625. The molecule has 0 aromatic carbocycles. The molecule has 2 aliphatic rings. The SMILES string of the molecule is CCCCCCCCCCCCCCCCCCCCO.CCCCCCO.OC1CC2CCC2C1. The summed E-state index contributed by atoms with van der Waals surface area (Å²) in [6.07, 6.45) is 34.9. The Bertz CT molecular complexity index is 366. The summed E-state index contributed by atoms with van der Waals surface area (Å²) < 4.78 is 0. The van der Waals surface area contributed by atoms with Crippen LogP contribution in [0.25, 0.3) is 0 Å². The van der Waals surface area contributed by atoms with Gasteiger partial charge in [-0.3, -0.25) is 0 Å². The smallest absolute Gasteiger partial charge is 0.0545 e. The van der Waals surface area contributed by atoms with E-state index >= 15 is 0 Å². The molecule has 0 saturated heterocycles. The molecule has 3 nitrogen and oxygen atoms in total.